The number of rotatable bonds is 9. The molecule has 4 rings (SSSR count). The van der Waals surface area contributed by atoms with Crippen LogP contribution < -0.4 is 4.74 Å². The van der Waals surface area contributed by atoms with Crippen LogP contribution in [0.1, 0.15) is 64.2 Å². The van der Waals surface area contributed by atoms with Crippen LogP contribution in [0.2, 0.25) is 0 Å². The van der Waals surface area contributed by atoms with Gasteiger partial charge in [0.25, 0.3) is 0 Å². The highest BCUT2D eigenvalue weighted by atomic mass is 16.5. The molecular formula is C26H36N4O4. The molecule has 1 aromatic carbocycles. The van der Waals surface area contributed by atoms with Crippen molar-refractivity contribution in [3.63, 3.8) is 0 Å². The summed E-state index contributed by atoms with van der Waals surface area (Å²) in [6.07, 6.45) is 8.90. The highest BCUT2D eigenvalue weighted by Crippen LogP contribution is 2.27. The van der Waals surface area contributed by atoms with Gasteiger partial charge < -0.3 is 19.1 Å². The van der Waals surface area contributed by atoms with Crippen molar-refractivity contribution in [3.05, 3.63) is 30.2 Å². The van der Waals surface area contributed by atoms with Crippen LogP contribution in [0.15, 0.2) is 28.8 Å². The van der Waals surface area contributed by atoms with Gasteiger partial charge in [-0.1, -0.05) is 37.3 Å². The van der Waals surface area contributed by atoms with Crippen LogP contribution in [-0.2, 0) is 16.0 Å². The van der Waals surface area contributed by atoms with E-state index in [1.54, 1.807) is 0 Å². The predicted molar refractivity (Wildman–Crippen MR) is 128 cm³/mol. The SMILES string of the molecule is CCOc1ccc(-c2noc(CCC(=O)N3CCN(C(=O)CCC4CCCCC4)CC3)n2)cc1. The van der Waals surface area contributed by atoms with Crippen molar-refractivity contribution in [2.45, 2.75) is 64.7 Å². The molecule has 1 aliphatic heterocycles. The molecular weight excluding hydrogens is 432 g/mol. The number of carbonyl (C=O) groups is 2. The van der Waals surface area contributed by atoms with E-state index < -0.39 is 0 Å². The van der Waals surface area contributed by atoms with E-state index in [-0.39, 0.29) is 11.8 Å². The van der Waals surface area contributed by atoms with Crippen molar-refractivity contribution in [1.82, 2.24) is 19.9 Å². The Hall–Kier alpha value is -2.90. The van der Waals surface area contributed by atoms with Crippen molar-refractivity contribution in [2.24, 2.45) is 5.92 Å². The highest BCUT2D eigenvalue weighted by Gasteiger charge is 2.25. The third kappa shape index (κ3) is 6.58. The Morgan fingerprint density at radius 1 is 0.971 bits per heavy atom. The summed E-state index contributed by atoms with van der Waals surface area (Å²) >= 11 is 0. The van der Waals surface area contributed by atoms with E-state index in [2.05, 4.69) is 10.1 Å². The molecule has 1 aliphatic carbocycles. The standard InChI is InChI=1S/C26H36N4O4/c1-2-33-22-11-9-21(10-12-22)26-27-23(34-28-26)13-15-25(32)30-18-16-29(17-19-30)24(31)14-8-20-6-4-3-5-7-20/h9-12,20H,2-8,13-19H2,1H3. The fourth-order valence-corrected chi connectivity index (χ4v) is 4.88. The molecule has 0 radical (unpaired) electrons. The summed E-state index contributed by atoms with van der Waals surface area (Å²) in [6, 6.07) is 7.53. The predicted octanol–water partition coefficient (Wildman–Crippen LogP) is 4.10. The molecule has 8 heteroatoms. The van der Waals surface area contributed by atoms with Gasteiger partial charge in [0.1, 0.15) is 5.75 Å². The van der Waals surface area contributed by atoms with Crippen LogP contribution >= 0.6 is 0 Å². The molecule has 2 heterocycles. The number of carbonyl (C=O) groups excluding carboxylic acids is 2. The smallest absolute Gasteiger partial charge is 0.227 e. The molecule has 0 unspecified atom stereocenters. The van der Waals surface area contributed by atoms with E-state index in [0.717, 1.165) is 23.7 Å². The fraction of sp³-hybridized carbons (Fsp3) is 0.615. The van der Waals surface area contributed by atoms with Gasteiger partial charge in [0.15, 0.2) is 0 Å². The number of piperazine rings is 1. The zero-order valence-electron chi connectivity index (χ0n) is 20.2. The summed E-state index contributed by atoms with van der Waals surface area (Å²) in [4.78, 5) is 33.5. The van der Waals surface area contributed by atoms with Crippen molar-refractivity contribution >= 4 is 11.8 Å². The lowest BCUT2D eigenvalue weighted by Crippen LogP contribution is -2.50. The van der Waals surface area contributed by atoms with Crippen molar-refractivity contribution < 1.29 is 18.8 Å². The van der Waals surface area contributed by atoms with Gasteiger partial charge in [-0.3, -0.25) is 9.59 Å². The highest BCUT2D eigenvalue weighted by molar-refractivity contribution is 5.78. The zero-order valence-corrected chi connectivity index (χ0v) is 20.2. The van der Waals surface area contributed by atoms with Crippen molar-refractivity contribution in [3.8, 4) is 17.1 Å². The van der Waals surface area contributed by atoms with Crippen LogP contribution in [0.4, 0.5) is 0 Å². The van der Waals surface area contributed by atoms with E-state index in [0.29, 0.717) is 63.8 Å². The van der Waals surface area contributed by atoms with Gasteiger partial charge in [-0.2, -0.15) is 4.98 Å². The van der Waals surface area contributed by atoms with Crippen LogP contribution in [0.5, 0.6) is 5.75 Å². The molecule has 0 atom stereocenters. The van der Waals surface area contributed by atoms with E-state index in [9.17, 15) is 9.59 Å². The summed E-state index contributed by atoms with van der Waals surface area (Å²) in [5, 5.41) is 4.04. The molecule has 0 bridgehead atoms. The largest absolute Gasteiger partial charge is 0.494 e. The maximum atomic E-state index is 12.7. The van der Waals surface area contributed by atoms with Gasteiger partial charge in [-0.15, -0.1) is 0 Å². The first-order valence-corrected chi connectivity index (χ1v) is 12.7. The second-order valence-electron chi connectivity index (χ2n) is 9.27. The van der Waals surface area contributed by atoms with Gasteiger partial charge in [-0.25, -0.2) is 0 Å². The van der Waals surface area contributed by atoms with E-state index in [1.165, 1.54) is 32.1 Å². The lowest BCUT2D eigenvalue weighted by Gasteiger charge is -2.35. The van der Waals surface area contributed by atoms with Gasteiger partial charge in [-0.05, 0) is 43.5 Å². The first-order valence-electron chi connectivity index (χ1n) is 12.7. The van der Waals surface area contributed by atoms with Gasteiger partial charge in [0, 0.05) is 51.0 Å². The summed E-state index contributed by atoms with van der Waals surface area (Å²) in [6.45, 7) is 4.99. The number of hydrogen-bond donors (Lipinski definition) is 0. The van der Waals surface area contributed by atoms with Crippen LogP contribution in [0.25, 0.3) is 11.4 Å². The molecule has 0 spiro atoms. The molecule has 2 fully saturated rings. The molecule has 2 aliphatic rings. The average Bonchev–Trinajstić information content (AvgIpc) is 3.36. The number of nitrogens with zero attached hydrogens (tertiary/aromatic N) is 4. The quantitative estimate of drug-likeness (QED) is 0.551. The minimum absolute atomic E-state index is 0.0649. The van der Waals surface area contributed by atoms with Crippen LogP contribution in [-0.4, -0.2) is 64.5 Å². The average molecular weight is 469 g/mol. The van der Waals surface area contributed by atoms with Crippen molar-refractivity contribution in [1.29, 1.82) is 0 Å². The zero-order chi connectivity index (χ0) is 23.8. The molecule has 184 valence electrons. The first kappa shape index (κ1) is 24.2. The lowest BCUT2D eigenvalue weighted by molar-refractivity contribution is -0.139. The topological polar surface area (TPSA) is 88.8 Å². The molecule has 8 nitrogen and oxygen atoms in total. The number of hydrogen-bond acceptors (Lipinski definition) is 6. The number of ether oxygens (including phenoxy) is 1. The number of benzene rings is 1. The monoisotopic (exact) mass is 468 g/mol. The minimum atomic E-state index is 0.0649. The number of aryl methyl sites for hydroxylation is 1. The van der Waals surface area contributed by atoms with Crippen LogP contribution in [0, 0.1) is 5.92 Å². The maximum Gasteiger partial charge on any atom is 0.227 e. The number of aromatic nitrogens is 2. The third-order valence-electron chi connectivity index (χ3n) is 6.92. The molecule has 2 aromatic rings. The Bertz CT molecular complexity index is 929. The Labute approximate surface area is 201 Å². The molecule has 34 heavy (non-hydrogen) atoms. The first-order chi connectivity index (χ1) is 16.6. The Morgan fingerprint density at radius 3 is 2.26 bits per heavy atom. The third-order valence-corrected chi connectivity index (χ3v) is 6.92. The molecule has 1 aromatic heterocycles. The summed E-state index contributed by atoms with van der Waals surface area (Å²) in [7, 11) is 0. The number of amides is 2. The second kappa shape index (κ2) is 12.0. The molecule has 2 amide bonds. The Morgan fingerprint density at radius 2 is 1.62 bits per heavy atom. The molecule has 1 saturated carbocycles. The second-order valence-corrected chi connectivity index (χ2v) is 9.27. The Balaban J connectivity index is 1.17. The summed E-state index contributed by atoms with van der Waals surface area (Å²) in [5.74, 6) is 2.78. The lowest BCUT2D eigenvalue weighted by atomic mass is 9.86. The molecule has 0 N–H and O–H groups in total. The van der Waals surface area contributed by atoms with E-state index in [4.69, 9.17) is 9.26 Å². The summed E-state index contributed by atoms with van der Waals surface area (Å²) in [5.41, 5.74) is 0.842. The van der Waals surface area contributed by atoms with E-state index in [1.807, 2.05) is 41.0 Å². The fourth-order valence-electron chi connectivity index (χ4n) is 4.88. The van der Waals surface area contributed by atoms with Gasteiger partial charge in [0.05, 0.1) is 6.61 Å². The Kier molecular flexibility index (Phi) is 8.55. The minimum Gasteiger partial charge on any atom is -0.494 e. The van der Waals surface area contributed by atoms with Gasteiger partial charge >= 0.3 is 0 Å². The van der Waals surface area contributed by atoms with Gasteiger partial charge in [0.2, 0.25) is 23.5 Å². The summed E-state index contributed by atoms with van der Waals surface area (Å²) < 4.78 is 10.8. The van der Waals surface area contributed by atoms with Crippen LogP contribution in [0.3, 0.4) is 0 Å². The molecule has 1 saturated heterocycles. The normalized spacial score (nSPS) is 17.1. The van der Waals surface area contributed by atoms with Crippen molar-refractivity contribution in [2.75, 3.05) is 32.8 Å². The van der Waals surface area contributed by atoms with E-state index >= 15 is 0 Å². The maximum absolute atomic E-state index is 12.7.